The summed E-state index contributed by atoms with van der Waals surface area (Å²) in [6.45, 7) is 1.47. The van der Waals surface area contributed by atoms with Crippen LogP contribution in [0.15, 0.2) is 18.2 Å². The van der Waals surface area contributed by atoms with E-state index in [-0.39, 0.29) is 5.91 Å². The average Bonchev–Trinajstić information content (AvgIpc) is 2.21. The van der Waals surface area contributed by atoms with Crippen molar-refractivity contribution >= 4 is 40.1 Å². The highest BCUT2D eigenvalue weighted by atomic mass is 127. The second-order valence-corrected chi connectivity index (χ2v) is 5.26. The van der Waals surface area contributed by atoms with Crippen molar-refractivity contribution in [3.05, 3.63) is 32.4 Å². The van der Waals surface area contributed by atoms with Gasteiger partial charge in [0.15, 0.2) is 0 Å². The monoisotopic (exact) mass is 352 g/mol. The molecule has 0 unspecified atom stereocenters. The van der Waals surface area contributed by atoms with Crippen molar-refractivity contribution in [2.24, 2.45) is 0 Å². The van der Waals surface area contributed by atoms with Crippen LogP contribution >= 0.6 is 34.2 Å². The highest BCUT2D eigenvalue weighted by Crippen LogP contribution is 2.19. The number of rotatable bonds is 4. The van der Waals surface area contributed by atoms with Crippen LogP contribution in [0.2, 0.25) is 5.02 Å². The van der Waals surface area contributed by atoms with Gasteiger partial charge in [-0.05, 0) is 54.9 Å². The minimum absolute atomic E-state index is 0.0589. The van der Waals surface area contributed by atoms with Crippen LogP contribution in [0, 0.1) is 3.57 Å². The van der Waals surface area contributed by atoms with Crippen molar-refractivity contribution in [1.82, 2.24) is 10.2 Å². The van der Waals surface area contributed by atoms with E-state index in [9.17, 15) is 4.79 Å². The maximum Gasteiger partial charge on any atom is 0.251 e. The molecule has 0 aromatic heterocycles. The number of halogens is 2. The molecular weight excluding hydrogens is 338 g/mol. The Kier molecular flexibility index (Phi) is 5.51. The number of likely N-dealkylation sites (N-methyl/N-ethyl adjacent to an activating group) is 1. The van der Waals surface area contributed by atoms with Crippen LogP contribution in [-0.4, -0.2) is 38.0 Å². The van der Waals surface area contributed by atoms with Gasteiger partial charge in [0.1, 0.15) is 0 Å². The van der Waals surface area contributed by atoms with E-state index in [0.717, 1.165) is 10.1 Å². The summed E-state index contributed by atoms with van der Waals surface area (Å²) in [7, 11) is 3.94. The Balaban J connectivity index is 2.56. The molecule has 0 saturated heterocycles. The van der Waals surface area contributed by atoms with Gasteiger partial charge in [0.2, 0.25) is 0 Å². The summed E-state index contributed by atoms with van der Waals surface area (Å²) >= 11 is 8.00. The zero-order chi connectivity index (χ0) is 12.1. The first-order chi connectivity index (χ1) is 7.50. The molecule has 0 radical (unpaired) electrons. The third-order valence-corrected chi connectivity index (χ3v) is 3.57. The molecule has 0 aliphatic carbocycles. The maximum absolute atomic E-state index is 11.7. The number of nitrogens with one attached hydrogen (secondary N) is 1. The first kappa shape index (κ1) is 13.7. The van der Waals surface area contributed by atoms with E-state index in [2.05, 4.69) is 27.9 Å². The Hall–Kier alpha value is -0.330. The van der Waals surface area contributed by atoms with Crippen molar-refractivity contribution in [2.75, 3.05) is 27.2 Å². The van der Waals surface area contributed by atoms with Crippen molar-refractivity contribution in [2.45, 2.75) is 0 Å². The summed E-state index contributed by atoms with van der Waals surface area (Å²) in [5.74, 6) is -0.0589. The fourth-order valence-electron chi connectivity index (χ4n) is 1.13. The van der Waals surface area contributed by atoms with E-state index in [1.807, 2.05) is 19.0 Å². The average molecular weight is 353 g/mol. The zero-order valence-corrected chi connectivity index (χ0v) is 12.2. The minimum atomic E-state index is -0.0589. The zero-order valence-electron chi connectivity index (χ0n) is 9.26. The summed E-state index contributed by atoms with van der Waals surface area (Å²) < 4.78 is 0.888. The van der Waals surface area contributed by atoms with Gasteiger partial charge in [-0.3, -0.25) is 4.79 Å². The Morgan fingerprint density at radius 1 is 1.50 bits per heavy atom. The predicted molar refractivity (Wildman–Crippen MR) is 75.1 cm³/mol. The van der Waals surface area contributed by atoms with Crippen LogP contribution in [0.5, 0.6) is 0 Å². The minimum Gasteiger partial charge on any atom is -0.351 e. The number of hydrogen-bond acceptors (Lipinski definition) is 2. The molecule has 0 aliphatic rings. The molecule has 1 amide bonds. The number of hydrogen-bond donors (Lipinski definition) is 1. The molecule has 1 N–H and O–H groups in total. The SMILES string of the molecule is CN(C)CCNC(=O)c1ccc(Cl)c(I)c1. The summed E-state index contributed by atoms with van der Waals surface area (Å²) in [6.07, 6.45) is 0. The smallest absolute Gasteiger partial charge is 0.251 e. The van der Waals surface area contributed by atoms with E-state index in [4.69, 9.17) is 11.6 Å². The van der Waals surface area contributed by atoms with Gasteiger partial charge in [-0.25, -0.2) is 0 Å². The van der Waals surface area contributed by atoms with Crippen LogP contribution in [0.4, 0.5) is 0 Å². The molecule has 1 aromatic carbocycles. The molecule has 0 bridgehead atoms. The molecule has 3 nitrogen and oxygen atoms in total. The third-order valence-electron chi connectivity index (χ3n) is 2.03. The number of nitrogens with zero attached hydrogens (tertiary/aromatic N) is 1. The van der Waals surface area contributed by atoms with Crippen molar-refractivity contribution < 1.29 is 4.79 Å². The highest BCUT2D eigenvalue weighted by molar-refractivity contribution is 14.1. The molecule has 0 spiro atoms. The first-order valence-corrected chi connectivity index (χ1v) is 6.34. The number of amides is 1. The van der Waals surface area contributed by atoms with Gasteiger partial charge in [0.25, 0.3) is 5.91 Å². The lowest BCUT2D eigenvalue weighted by Gasteiger charge is -2.10. The summed E-state index contributed by atoms with van der Waals surface area (Å²) in [4.78, 5) is 13.7. The Morgan fingerprint density at radius 2 is 2.19 bits per heavy atom. The fraction of sp³-hybridized carbons (Fsp3) is 0.364. The Labute approximate surface area is 114 Å². The molecule has 0 atom stereocenters. The molecular formula is C11H14ClIN2O. The van der Waals surface area contributed by atoms with Crippen molar-refractivity contribution in [3.8, 4) is 0 Å². The molecule has 88 valence electrons. The molecule has 0 heterocycles. The number of benzene rings is 1. The number of carbonyl (C=O) groups is 1. The van der Waals surface area contributed by atoms with Gasteiger partial charge in [-0.1, -0.05) is 11.6 Å². The van der Waals surface area contributed by atoms with E-state index in [0.29, 0.717) is 17.1 Å². The van der Waals surface area contributed by atoms with Gasteiger partial charge >= 0.3 is 0 Å². The molecule has 0 aliphatic heterocycles. The molecule has 1 rings (SSSR count). The van der Waals surface area contributed by atoms with Crippen LogP contribution in [-0.2, 0) is 0 Å². The second kappa shape index (κ2) is 6.42. The topological polar surface area (TPSA) is 32.3 Å². The third kappa shape index (κ3) is 4.27. The van der Waals surface area contributed by atoms with Gasteiger partial charge in [-0.15, -0.1) is 0 Å². The van der Waals surface area contributed by atoms with E-state index in [1.165, 1.54) is 0 Å². The van der Waals surface area contributed by atoms with Gasteiger partial charge in [0, 0.05) is 22.2 Å². The molecule has 0 fully saturated rings. The van der Waals surface area contributed by atoms with Crippen LogP contribution in [0.3, 0.4) is 0 Å². The standard InChI is InChI=1S/C11H14ClIN2O/c1-15(2)6-5-14-11(16)8-3-4-9(12)10(13)7-8/h3-4,7H,5-6H2,1-2H3,(H,14,16). The molecule has 16 heavy (non-hydrogen) atoms. The predicted octanol–water partition coefficient (Wildman–Crippen LogP) is 2.24. The largest absolute Gasteiger partial charge is 0.351 e. The summed E-state index contributed by atoms with van der Waals surface area (Å²) in [5.41, 5.74) is 0.646. The Bertz CT molecular complexity index is 382. The Morgan fingerprint density at radius 3 is 2.75 bits per heavy atom. The summed E-state index contributed by atoms with van der Waals surface area (Å²) in [5, 5.41) is 3.52. The molecule has 0 saturated carbocycles. The lowest BCUT2D eigenvalue weighted by atomic mass is 10.2. The normalized spacial score (nSPS) is 10.6. The van der Waals surface area contributed by atoms with Crippen LogP contribution in [0.1, 0.15) is 10.4 Å². The van der Waals surface area contributed by atoms with E-state index >= 15 is 0 Å². The fourth-order valence-corrected chi connectivity index (χ4v) is 1.77. The quantitative estimate of drug-likeness (QED) is 0.843. The summed E-state index contributed by atoms with van der Waals surface area (Å²) in [6, 6.07) is 5.26. The lowest BCUT2D eigenvalue weighted by molar-refractivity contribution is 0.0951. The maximum atomic E-state index is 11.7. The van der Waals surface area contributed by atoms with Crippen molar-refractivity contribution in [1.29, 1.82) is 0 Å². The van der Waals surface area contributed by atoms with Crippen molar-refractivity contribution in [3.63, 3.8) is 0 Å². The van der Waals surface area contributed by atoms with Gasteiger partial charge in [-0.2, -0.15) is 0 Å². The molecule has 1 aromatic rings. The highest BCUT2D eigenvalue weighted by Gasteiger charge is 2.06. The lowest BCUT2D eigenvalue weighted by Crippen LogP contribution is -2.31. The van der Waals surface area contributed by atoms with Crippen LogP contribution in [0.25, 0.3) is 0 Å². The van der Waals surface area contributed by atoms with Gasteiger partial charge in [0.05, 0.1) is 5.02 Å². The van der Waals surface area contributed by atoms with E-state index in [1.54, 1.807) is 18.2 Å². The van der Waals surface area contributed by atoms with Gasteiger partial charge < -0.3 is 10.2 Å². The molecule has 5 heteroatoms. The van der Waals surface area contributed by atoms with E-state index < -0.39 is 0 Å². The van der Waals surface area contributed by atoms with Crippen LogP contribution < -0.4 is 5.32 Å². The second-order valence-electron chi connectivity index (χ2n) is 3.69. The first-order valence-electron chi connectivity index (χ1n) is 4.88. The number of carbonyl (C=O) groups excluding carboxylic acids is 1.